The molecule has 0 aliphatic carbocycles. The van der Waals surface area contributed by atoms with Gasteiger partial charge in [-0.25, -0.2) is 0 Å². The van der Waals surface area contributed by atoms with Gasteiger partial charge in [-0.15, -0.1) is 11.6 Å². The van der Waals surface area contributed by atoms with Gasteiger partial charge in [0.1, 0.15) is 0 Å². The molecular formula is C9H8ClNO2. The number of allylic oxidation sites excluding steroid dienone is 1. The summed E-state index contributed by atoms with van der Waals surface area (Å²) in [6.45, 7) is 0. The van der Waals surface area contributed by atoms with E-state index in [0.717, 1.165) is 5.56 Å². The van der Waals surface area contributed by atoms with E-state index in [9.17, 15) is 10.1 Å². The Labute approximate surface area is 80.8 Å². The smallest absolute Gasteiger partial charge is 0.258 e. The van der Waals surface area contributed by atoms with Crippen molar-refractivity contribution in [3.05, 3.63) is 46.0 Å². The number of nitro benzene ring substituents is 1. The highest BCUT2D eigenvalue weighted by Gasteiger charge is 2.02. The highest BCUT2D eigenvalue weighted by atomic mass is 35.5. The monoisotopic (exact) mass is 197 g/mol. The fraction of sp³-hybridized carbons (Fsp3) is 0.111. The molecule has 0 amide bonds. The Morgan fingerprint density at radius 3 is 2.92 bits per heavy atom. The molecule has 0 N–H and O–H groups in total. The Hall–Kier alpha value is -1.35. The van der Waals surface area contributed by atoms with E-state index >= 15 is 0 Å². The Kier molecular flexibility index (Phi) is 3.46. The average Bonchev–Trinajstić information content (AvgIpc) is 2.15. The van der Waals surface area contributed by atoms with E-state index in [1.54, 1.807) is 24.3 Å². The molecule has 0 bridgehead atoms. The lowest BCUT2D eigenvalue weighted by atomic mass is 10.2. The van der Waals surface area contributed by atoms with Gasteiger partial charge in [-0.2, -0.15) is 0 Å². The summed E-state index contributed by atoms with van der Waals surface area (Å²) in [5.74, 6) is 0.405. The largest absolute Gasteiger partial charge is 0.270 e. The van der Waals surface area contributed by atoms with Crippen LogP contribution in [0.3, 0.4) is 0 Å². The number of alkyl halides is 1. The first-order chi connectivity index (χ1) is 6.24. The molecule has 4 heteroatoms. The van der Waals surface area contributed by atoms with Crippen molar-refractivity contribution in [2.24, 2.45) is 0 Å². The minimum absolute atomic E-state index is 0.0942. The second-order valence-electron chi connectivity index (χ2n) is 2.41. The zero-order chi connectivity index (χ0) is 9.68. The van der Waals surface area contributed by atoms with Crippen molar-refractivity contribution in [1.29, 1.82) is 0 Å². The molecule has 0 heterocycles. The van der Waals surface area contributed by atoms with Crippen LogP contribution in [0.15, 0.2) is 30.3 Å². The number of benzene rings is 1. The summed E-state index contributed by atoms with van der Waals surface area (Å²) in [7, 11) is 0. The van der Waals surface area contributed by atoms with E-state index in [1.165, 1.54) is 12.1 Å². The Morgan fingerprint density at radius 2 is 2.31 bits per heavy atom. The number of nitro groups is 1. The molecule has 13 heavy (non-hydrogen) atoms. The van der Waals surface area contributed by atoms with Crippen LogP contribution in [0.2, 0.25) is 0 Å². The van der Waals surface area contributed by atoms with E-state index in [1.807, 2.05) is 0 Å². The van der Waals surface area contributed by atoms with Crippen molar-refractivity contribution < 1.29 is 4.92 Å². The Morgan fingerprint density at radius 1 is 1.54 bits per heavy atom. The second kappa shape index (κ2) is 4.62. The molecule has 0 saturated heterocycles. The first-order valence-corrected chi connectivity index (χ1v) is 4.24. The average molecular weight is 198 g/mol. The summed E-state index contributed by atoms with van der Waals surface area (Å²) in [5, 5.41) is 10.4. The molecule has 0 aliphatic heterocycles. The minimum atomic E-state index is -0.419. The van der Waals surface area contributed by atoms with Crippen LogP contribution >= 0.6 is 11.6 Å². The van der Waals surface area contributed by atoms with Crippen LogP contribution < -0.4 is 0 Å². The van der Waals surface area contributed by atoms with Crippen molar-refractivity contribution in [2.45, 2.75) is 0 Å². The van der Waals surface area contributed by atoms with Crippen LogP contribution in [-0.4, -0.2) is 10.8 Å². The Bertz CT molecular complexity index is 336. The quantitative estimate of drug-likeness (QED) is 0.425. The van der Waals surface area contributed by atoms with Crippen molar-refractivity contribution in [1.82, 2.24) is 0 Å². The standard InChI is InChI=1S/C9H8ClNO2/c10-6-2-4-8-3-1-5-9(7-8)11(12)13/h1-5,7H,6H2/b4-2+. The van der Waals surface area contributed by atoms with Crippen molar-refractivity contribution in [3.63, 3.8) is 0 Å². The molecule has 0 aromatic heterocycles. The first kappa shape index (κ1) is 9.74. The lowest BCUT2D eigenvalue weighted by Crippen LogP contribution is -1.87. The zero-order valence-electron chi connectivity index (χ0n) is 6.81. The van der Waals surface area contributed by atoms with Gasteiger partial charge in [0.25, 0.3) is 5.69 Å². The van der Waals surface area contributed by atoms with E-state index in [4.69, 9.17) is 11.6 Å². The van der Waals surface area contributed by atoms with Gasteiger partial charge in [0, 0.05) is 18.0 Å². The van der Waals surface area contributed by atoms with Gasteiger partial charge in [0.15, 0.2) is 0 Å². The number of hydrogen-bond acceptors (Lipinski definition) is 2. The fourth-order valence-electron chi connectivity index (χ4n) is 0.923. The van der Waals surface area contributed by atoms with Crippen LogP contribution in [0.25, 0.3) is 6.08 Å². The molecule has 3 nitrogen and oxygen atoms in total. The third kappa shape index (κ3) is 2.87. The summed E-state index contributed by atoms with van der Waals surface area (Å²) in [5.41, 5.74) is 0.881. The van der Waals surface area contributed by atoms with Crippen molar-refractivity contribution in [3.8, 4) is 0 Å². The summed E-state index contributed by atoms with van der Waals surface area (Å²) >= 11 is 5.43. The van der Waals surface area contributed by atoms with Gasteiger partial charge < -0.3 is 0 Å². The molecule has 0 saturated carbocycles. The predicted octanol–water partition coefficient (Wildman–Crippen LogP) is 2.85. The van der Waals surface area contributed by atoms with Gasteiger partial charge in [0.05, 0.1) is 4.92 Å². The maximum absolute atomic E-state index is 10.4. The lowest BCUT2D eigenvalue weighted by molar-refractivity contribution is -0.384. The van der Waals surface area contributed by atoms with Gasteiger partial charge in [-0.1, -0.05) is 24.3 Å². The molecule has 1 aromatic carbocycles. The summed E-state index contributed by atoms with van der Waals surface area (Å²) in [4.78, 5) is 9.96. The van der Waals surface area contributed by atoms with Crippen LogP contribution in [0.1, 0.15) is 5.56 Å². The van der Waals surface area contributed by atoms with Crippen LogP contribution in [-0.2, 0) is 0 Å². The molecule has 1 aromatic rings. The van der Waals surface area contributed by atoms with Crippen LogP contribution in [0.5, 0.6) is 0 Å². The second-order valence-corrected chi connectivity index (χ2v) is 2.72. The third-order valence-electron chi connectivity index (χ3n) is 1.48. The van der Waals surface area contributed by atoms with E-state index in [0.29, 0.717) is 5.88 Å². The molecule has 1 rings (SSSR count). The van der Waals surface area contributed by atoms with Crippen LogP contribution in [0, 0.1) is 10.1 Å². The van der Waals surface area contributed by atoms with Crippen molar-refractivity contribution in [2.75, 3.05) is 5.88 Å². The number of non-ortho nitro benzene ring substituents is 1. The lowest BCUT2D eigenvalue weighted by Gasteiger charge is -1.93. The summed E-state index contributed by atoms with van der Waals surface area (Å²) in [6, 6.07) is 6.39. The highest BCUT2D eigenvalue weighted by molar-refractivity contribution is 6.19. The normalized spacial score (nSPS) is 10.5. The highest BCUT2D eigenvalue weighted by Crippen LogP contribution is 2.13. The molecule has 0 unspecified atom stereocenters. The maximum atomic E-state index is 10.4. The molecule has 0 radical (unpaired) electrons. The molecular weight excluding hydrogens is 190 g/mol. The number of hydrogen-bond donors (Lipinski definition) is 0. The predicted molar refractivity (Wildman–Crippen MR) is 52.9 cm³/mol. The maximum Gasteiger partial charge on any atom is 0.270 e. The number of halogens is 1. The number of rotatable bonds is 3. The molecule has 0 atom stereocenters. The van der Waals surface area contributed by atoms with Gasteiger partial charge in [-0.3, -0.25) is 10.1 Å². The van der Waals surface area contributed by atoms with Crippen LogP contribution in [0.4, 0.5) is 5.69 Å². The Balaban J connectivity index is 2.92. The first-order valence-electron chi connectivity index (χ1n) is 3.71. The molecule has 0 spiro atoms. The third-order valence-corrected chi connectivity index (χ3v) is 1.66. The molecule has 68 valence electrons. The van der Waals surface area contributed by atoms with Gasteiger partial charge in [0.2, 0.25) is 0 Å². The summed E-state index contributed by atoms with van der Waals surface area (Å²) in [6.07, 6.45) is 3.49. The van der Waals surface area contributed by atoms with E-state index in [2.05, 4.69) is 0 Å². The summed E-state index contributed by atoms with van der Waals surface area (Å²) < 4.78 is 0. The van der Waals surface area contributed by atoms with E-state index < -0.39 is 4.92 Å². The van der Waals surface area contributed by atoms with Gasteiger partial charge in [-0.05, 0) is 5.56 Å². The number of nitrogens with zero attached hydrogens (tertiary/aromatic N) is 1. The molecule has 0 fully saturated rings. The van der Waals surface area contributed by atoms with Crippen molar-refractivity contribution >= 4 is 23.4 Å². The zero-order valence-corrected chi connectivity index (χ0v) is 7.57. The molecule has 0 aliphatic rings. The SMILES string of the molecule is O=[N+]([O-])c1cccc(/C=C/CCl)c1. The fourth-order valence-corrected chi connectivity index (χ4v) is 1.01. The van der Waals surface area contributed by atoms with E-state index in [-0.39, 0.29) is 5.69 Å². The minimum Gasteiger partial charge on any atom is -0.258 e. The van der Waals surface area contributed by atoms with Gasteiger partial charge >= 0.3 is 0 Å². The topological polar surface area (TPSA) is 43.1 Å².